The summed E-state index contributed by atoms with van der Waals surface area (Å²) in [5.41, 5.74) is 2.96. The van der Waals surface area contributed by atoms with Crippen molar-refractivity contribution in [1.82, 2.24) is 15.2 Å². The largest absolute Gasteiger partial charge is 0.348 e. The Hall–Kier alpha value is -2.21. The fourth-order valence-corrected chi connectivity index (χ4v) is 4.11. The molecule has 1 aromatic heterocycles. The first-order chi connectivity index (χ1) is 13.5. The predicted molar refractivity (Wildman–Crippen MR) is 117 cm³/mol. The van der Waals surface area contributed by atoms with Gasteiger partial charge < -0.3 is 5.32 Å². The van der Waals surface area contributed by atoms with Gasteiger partial charge in [0, 0.05) is 15.5 Å². The van der Waals surface area contributed by atoms with Crippen LogP contribution in [0.25, 0.3) is 11.3 Å². The zero-order valence-electron chi connectivity index (χ0n) is 16.3. The third-order valence-corrected chi connectivity index (χ3v) is 5.90. The number of hydrogen-bond donors (Lipinski definition) is 1. The van der Waals surface area contributed by atoms with Crippen LogP contribution in [0.3, 0.4) is 0 Å². The molecule has 0 fully saturated rings. The molecule has 1 heterocycles. The highest BCUT2D eigenvalue weighted by atomic mass is 35.5. The van der Waals surface area contributed by atoms with E-state index < -0.39 is 0 Å². The Morgan fingerprint density at radius 3 is 2.50 bits per heavy atom. The maximum absolute atomic E-state index is 12.9. The number of halogens is 1. The Balaban J connectivity index is 1.73. The first kappa shape index (κ1) is 20.5. The first-order valence-corrected chi connectivity index (χ1v) is 10.4. The lowest BCUT2D eigenvalue weighted by Crippen LogP contribution is -2.38. The number of likely N-dealkylation sites (N-methyl/N-ethyl adjacent to an activating group) is 1. The second-order valence-electron chi connectivity index (χ2n) is 6.62. The van der Waals surface area contributed by atoms with Gasteiger partial charge in [0.05, 0.1) is 12.2 Å². The van der Waals surface area contributed by atoms with Gasteiger partial charge in [-0.1, -0.05) is 61.0 Å². The molecular weight excluding hydrogens is 390 g/mol. The molecule has 0 aliphatic rings. The van der Waals surface area contributed by atoms with Gasteiger partial charge >= 0.3 is 0 Å². The fourth-order valence-electron chi connectivity index (χ4n) is 3.09. The molecule has 1 amide bonds. The summed E-state index contributed by atoms with van der Waals surface area (Å²) in [6, 6.07) is 17.2. The van der Waals surface area contributed by atoms with E-state index in [0.717, 1.165) is 33.3 Å². The predicted octanol–water partition coefficient (Wildman–Crippen LogP) is 5.08. The number of hydrogen-bond acceptors (Lipinski definition) is 4. The number of nitrogens with zero attached hydrogens (tertiary/aromatic N) is 2. The van der Waals surface area contributed by atoms with Gasteiger partial charge in [-0.3, -0.25) is 9.69 Å². The van der Waals surface area contributed by atoms with Gasteiger partial charge in [0.2, 0.25) is 5.91 Å². The van der Waals surface area contributed by atoms with Crippen LogP contribution in [0.5, 0.6) is 0 Å². The monoisotopic (exact) mass is 413 g/mol. The van der Waals surface area contributed by atoms with Gasteiger partial charge in [-0.05, 0) is 38.2 Å². The highest BCUT2D eigenvalue weighted by Crippen LogP contribution is 2.28. The van der Waals surface area contributed by atoms with Crippen LogP contribution in [0.2, 0.25) is 5.02 Å². The van der Waals surface area contributed by atoms with E-state index in [4.69, 9.17) is 16.6 Å². The lowest BCUT2D eigenvalue weighted by Gasteiger charge is -2.26. The molecule has 1 atom stereocenters. The Morgan fingerprint density at radius 1 is 1.18 bits per heavy atom. The van der Waals surface area contributed by atoms with E-state index >= 15 is 0 Å². The molecular formula is C22H24ClN3OS. The van der Waals surface area contributed by atoms with Crippen molar-refractivity contribution in [3.8, 4) is 11.3 Å². The van der Waals surface area contributed by atoms with E-state index in [0.29, 0.717) is 11.6 Å². The molecule has 28 heavy (non-hydrogen) atoms. The van der Waals surface area contributed by atoms with E-state index in [1.807, 2.05) is 80.4 Å². The second-order valence-corrected chi connectivity index (χ2v) is 8.35. The number of thiazole rings is 1. The van der Waals surface area contributed by atoms with Crippen LogP contribution < -0.4 is 5.32 Å². The van der Waals surface area contributed by atoms with Crippen LogP contribution >= 0.6 is 22.9 Å². The summed E-state index contributed by atoms with van der Waals surface area (Å²) in [6.45, 7) is 5.29. The van der Waals surface area contributed by atoms with Crippen molar-refractivity contribution in [2.24, 2.45) is 0 Å². The van der Waals surface area contributed by atoms with Crippen LogP contribution in [-0.2, 0) is 11.3 Å². The van der Waals surface area contributed by atoms with Crippen molar-refractivity contribution in [3.63, 3.8) is 0 Å². The van der Waals surface area contributed by atoms with E-state index in [1.54, 1.807) is 11.3 Å². The summed E-state index contributed by atoms with van der Waals surface area (Å²) in [5, 5.41) is 4.66. The number of aryl methyl sites for hydroxylation is 1. The number of benzene rings is 2. The molecule has 0 saturated heterocycles. The average Bonchev–Trinajstić information content (AvgIpc) is 3.08. The van der Waals surface area contributed by atoms with E-state index in [2.05, 4.69) is 5.32 Å². The maximum atomic E-state index is 12.9. The number of rotatable bonds is 7. The van der Waals surface area contributed by atoms with E-state index in [1.165, 1.54) is 0 Å². The van der Waals surface area contributed by atoms with Gasteiger partial charge in [-0.15, -0.1) is 11.3 Å². The summed E-state index contributed by atoms with van der Waals surface area (Å²) in [4.78, 5) is 20.8. The summed E-state index contributed by atoms with van der Waals surface area (Å²) < 4.78 is 0. The molecule has 1 unspecified atom stereocenters. The molecule has 1 N–H and O–H groups in total. The molecule has 3 aromatic rings. The molecule has 3 rings (SSSR count). The molecule has 2 aromatic carbocycles. The highest BCUT2D eigenvalue weighted by molar-refractivity contribution is 7.12. The minimum Gasteiger partial charge on any atom is -0.348 e. The molecule has 146 valence electrons. The van der Waals surface area contributed by atoms with Gasteiger partial charge in [-0.25, -0.2) is 4.98 Å². The molecule has 0 aliphatic carbocycles. The number of carbonyl (C=O) groups is 1. The average molecular weight is 414 g/mol. The summed E-state index contributed by atoms with van der Waals surface area (Å²) in [7, 11) is 1.96. The quantitative estimate of drug-likeness (QED) is 0.587. The normalized spacial score (nSPS) is 12.2. The molecule has 0 saturated carbocycles. The molecule has 4 nitrogen and oxygen atoms in total. The number of aromatic nitrogens is 1. The van der Waals surface area contributed by atoms with Gasteiger partial charge in [0.1, 0.15) is 11.0 Å². The summed E-state index contributed by atoms with van der Waals surface area (Å²) >= 11 is 7.58. The van der Waals surface area contributed by atoms with Crippen LogP contribution in [0.15, 0.2) is 54.6 Å². The van der Waals surface area contributed by atoms with Crippen molar-refractivity contribution in [2.45, 2.75) is 26.4 Å². The zero-order valence-corrected chi connectivity index (χ0v) is 17.8. The van der Waals surface area contributed by atoms with Crippen LogP contribution in [-0.4, -0.2) is 29.4 Å². The van der Waals surface area contributed by atoms with Crippen LogP contribution in [0.1, 0.15) is 28.4 Å². The van der Waals surface area contributed by atoms with Crippen LogP contribution in [0, 0.1) is 6.92 Å². The fraction of sp³-hybridized carbons (Fsp3) is 0.273. The summed E-state index contributed by atoms with van der Waals surface area (Å²) in [6.07, 6.45) is 0. The van der Waals surface area contributed by atoms with Gasteiger partial charge in [-0.2, -0.15) is 0 Å². The number of nitrogens with one attached hydrogen (secondary N) is 1. The number of carbonyl (C=O) groups excluding carboxylic acids is 1. The standard InChI is InChI=1S/C22H24ClN3OS/c1-4-26(3)21(17-8-6-5-7-9-17)22(27)24-14-19-25-20(15(2)28-19)16-10-12-18(23)13-11-16/h5-13,21H,4,14H2,1-3H3,(H,24,27). The Kier molecular flexibility index (Phi) is 6.83. The Labute approximate surface area is 175 Å². The highest BCUT2D eigenvalue weighted by Gasteiger charge is 2.24. The van der Waals surface area contributed by atoms with Crippen molar-refractivity contribution >= 4 is 28.8 Å². The lowest BCUT2D eigenvalue weighted by molar-refractivity contribution is -0.126. The minimum atomic E-state index is -0.317. The minimum absolute atomic E-state index is 0.0172. The zero-order chi connectivity index (χ0) is 20.1. The molecule has 6 heteroatoms. The SMILES string of the molecule is CCN(C)C(C(=O)NCc1nc(-c2ccc(Cl)cc2)c(C)s1)c1ccccc1. The maximum Gasteiger partial charge on any atom is 0.242 e. The van der Waals surface area contributed by atoms with Crippen LogP contribution in [0.4, 0.5) is 0 Å². The van der Waals surface area contributed by atoms with Crippen molar-refractivity contribution in [3.05, 3.63) is 75.1 Å². The van der Waals surface area contributed by atoms with Crippen molar-refractivity contribution in [2.75, 3.05) is 13.6 Å². The third-order valence-electron chi connectivity index (χ3n) is 4.68. The topological polar surface area (TPSA) is 45.2 Å². The Morgan fingerprint density at radius 2 is 1.86 bits per heavy atom. The smallest absolute Gasteiger partial charge is 0.242 e. The van der Waals surface area contributed by atoms with Crippen molar-refractivity contribution in [1.29, 1.82) is 0 Å². The summed E-state index contributed by atoms with van der Waals surface area (Å²) in [5.74, 6) is -0.0172. The number of amides is 1. The van der Waals surface area contributed by atoms with Gasteiger partial charge in [0.25, 0.3) is 0 Å². The van der Waals surface area contributed by atoms with Gasteiger partial charge in [0.15, 0.2) is 0 Å². The molecule has 0 aliphatic heterocycles. The molecule has 0 radical (unpaired) electrons. The first-order valence-electron chi connectivity index (χ1n) is 9.24. The van der Waals surface area contributed by atoms with E-state index in [9.17, 15) is 4.79 Å². The molecule has 0 bridgehead atoms. The van der Waals surface area contributed by atoms with Crippen molar-refractivity contribution < 1.29 is 4.79 Å². The lowest BCUT2D eigenvalue weighted by atomic mass is 10.0. The second kappa shape index (κ2) is 9.32. The third kappa shape index (κ3) is 4.79. The molecule has 0 spiro atoms. The van der Waals surface area contributed by atoms with E-state index in [-0.39, 0.29) is 11.9 Å². The Bertz CT molecular complexity index is 925.